The Kier molecular flexibility index (Phi) is 15.8. The average Bonchev–Trinajstić information content (AvgIpc) is 2.38. The summed E-state index contributed by atoms with van der Waals surface area (Å²) in [6, 6.07) is 0. The van der Waals surface area contributed by atoms with Gasteiger partial charge in [-0.25, -0.2) is 0 Å². The van der Waals surface area contributed by atoms with Crippen LogP contribution in [0.3, 0.4) is 0 Å². The molecule has 0 fully saturated rings. The van der Waals surface area contributed by atoms with Gasteiger partial charge in [-0.2, -0.15) is 0 Å². The fraction of sp³-hybridized carbons (Fsp3) is 0.938. The van der Waals surface area contributed by atoms with Gasteiger partial charge in [0, 0.05) is 5.75 Å². The summed E-state index contributed by atoms with van der Waals surface area (Å²) in [5.41, 5.74) is 0. The third-order valence-electron chi connectivity index (χ3n) is 3.61. The van der Waals surface area contributed by atoms with E-state index in [2.05, 4.69) is 26.5 Å². The first-order chi connectivity index (χ1) is 9.20. The highest BCUT2D eigenvalue weighted by atomic mass is 32.2. The van der Waals surface area contributed by atoms with Gasteiger partial charge < -0.3 is 0 Å². The smallest absolute Gasteiger partial charge is 0.101 e. The molecule has 0 aliphatic carbocycles. The monoisotopic (exact) mass is 320 g/mol. The Bertz CT molecular complexity index is 204. The first-order valence-electron chi connectivity index (χ1n) is 8.06. The lowest BCUT2D eigenvalue weighted by atomic mass is 9.97. The fourth-order valence-electron chi connectivity index (χ4n) is 2.48. The first kappa shape index (κ1) is 19.8. The number of hydrogen-bond acceptors (Lipinski definition) is 2. The molecule has 0 N–H and O–H groups in total. The molecule has 0 rings (SSSR count). The Labute approximate surface area is 136 Å². The van der Waals surface area contributed by atoms with Crippen LogP contribution in [-0.4, -0.2) is 9.28 Å². The van der Waals surface area contributed by atoms with Crippen LogP contribution in [0.5, 0.6) is 0 Å². The topological polar surface area (TPSA) is 0 Å². The van der Waals surface area contributed by atoms with Gasteiger partial charge >= 0.3 is 0 Å². The predicted molar refractivity (Wildman–Crippen MR) is 99.7 cm³/mol. The molecule has 0 aliphatic rings. The molecule has 0 nitrogen and oxygen atoms in total. The number of thiocarbonyl (C=S) groups is 1. The van der Waals surface area contributed by atoms with Crippen molar-refractivity contribution in [3.8, 4) is 0 Å². The highest BCUT2D eigenvalue weighted by Gasteiger charge is 2.08. The van der Waals surface area contributed by atoms with Gasteiger partial charge in [-0.3, -0.25) is 0 Å². The summed E-state index contributed by atoms with van der Waals surface area (Å²) < 4.78 is 0.803. The third kappa shape index (κ3) is 15.0. The van der Waals surface area contributed by atoms with E-state index < -0.39 is 0 Å². The van der Waals surface area contributed by atoms with Crippen molar-refractivity contribution in [3.63, 3.8) is 0 Å². The van der Waals surface area contributed by atoms with Gasteiger partial charge in [0.05, 0.1) is 0 Å². The number of thiol groups is 1. The Morgan fingerprint density at radius 3 is 2.00 bits per heavy atom. The summed E-state index contributed by atoms with van der Waals surface area (Å²) in [6.07, 6.45) is 15.4. The molecule has 0 saturated heterocycles. The summed E-state index contributed by atoms with van der Waals surface area (Å²) in [5, 5.41) is 0. The van der Waals surface area contributed by atoms with E-state index in [0.717, 1.165) is 9.45 Å². The summed E-state index contributed by atoms with van der Waals surface area (Å²) >= 11 is 11.0. The van der Waals surface area contributed by atoms with Gasteiger partial charge in [-0.05, 0) is 18.8 Å². The van der Waals surface area contributed by atoms with Gasteiger partial charge in [0.1, 0.15) is 3.53 Å². The molecule has 0 heterocycles. The van der Waals surface area contributed by atoms with Crippen LogP contribution in [0, 0.1) is 5.92 Å². The van der Waals surface area contributed by atoms with Gasteiger partial charge in [-0.15, -0.1) is 24.4 Å². The fourth-order valence-corrected chi connectivity index (χ4v) is 3.61. The molecule has 3 heteroatoms. The molecule has 1 unspecified atom stereocenters. The Hall–Kier alpha value is 0.790. The molecule has 114 valence electrons. The van der Waals surface area contributed by atoms with Crippen molar-refractivity contribution >= 4 is 40.1 Å². The zero-order chi connectivity index (χ0) is 14.3. The minimum atomic E-state index is 0.803. The zero-order valence-electron chi connectivity index (χ0n) is 12.8. The van der Waals surface area contributed by atoms with E-state index in [0.29, 0.717) is 0 Å². The molecule has 0 amide bonds. The van der Waals surface area contributed by atoms with Crippen LogP contribution in [0.15, 0.2) is 0 Å². The number of hydrogen-bond donors (Lipinski definition) is 1. The van der Waals surface area contributed by atoms with Crippen LogP contribution in [0.1, 0.15) is 84.5 Å². The summed E-state index contributed by atoms with van der Waals surface area (Å²) in [5.74, 6) is 2.02. The lowest BCUT2D eigenvalue weighted by molar-refractivity contribution is 0.457. The van der Waals surface area contributed by atoms with Crippen LogP contribution in [0.25, 0.3) is 0 Å². The van der Waals surface area contributed by atoms with E-state index in [1.165, 1.54) is 76.4 Å². The van der Waals surface area contributed by atoms with Crippen molar-refractivity contribution < 1.29 is 0 Å². The van der Waals surface area contributed by atoms with Gasteiger partial charge in [0.25, 0.3) is 0 Å². The normalized spacial score (nSPS) is 12.6. The van der Waals surface area contributed by atoms with E-state index in [9.17, 15) is 0 Å². The molecular weight excluding hydrogens is 288 g/mol. The van der Waals surface area contributed by atoms with E-state index >= 15 is 0 Å². The van der Waals surface area contributed by atoms with Gasteiger partial charge in [-0.1, -0.05) is 83.9 Å². The maximum absolute atomic E-state index is 5.03. The number of unbranched alkanes of at least 4 members (excludes halogenated alkanes) is 7. The molecule has 0 aliphatic heterocycles. The standard InChI is InChI=1S/C16H32S3/c1-3-5-6-7-8-9-10-11-13-15(12-4-2)14-19-16(17)18/h15H,3-14H2,1-2H3,(H,17,18). The average molecular weight is 321 g/mol. The van der Waals surface area contributed by atoms with Crippen molar-refractivity contribution in [2.75, 3.05) is 5.75 Å². The zero-order valence-corrected chi connectivity index (χ0v) is 15.4. The first-order valence-corrected chi connectivity index (χ1v) is 9.90. The molecule has 19 heavy (non-hydrogen) atoms. The third-order valence-corrected chi connectivity index (χ3v) is 5.23. The molecule has 0 bridgehead atoms. The lowest BCUT2D eigenvalue weighted by Gasteiger charge is -2.15. The second-order valence-corrected chi connectivity index (χ2v) is 8.24. The largest absolute Gasteiger partial charge is 0.125 e. The maximum atomic E-state index is 5.03. The second kappa shape index (κ2) is 15.2. The van der Waals surface area contributed by atoms with Gasteiger partial charge in [0.2, 0.25) is 0 Å². The molecule has 0 radical (unpaired) electrons. The van der Waals surface area contributed by atoms with Crippen molar-refractivity contribution in [2.24, 2.45) is 5.92 Å². The van der Waals surface area contributed by atoms with Crippen LogP contribution >= 0.6 is 36.6 Å². The second-order valence-electron chi connectivity index (χ2n) is 5.50. The van der Waals surface area contributed by atoms with E-state index in [1.54, 1.807) is 11.8 Å². The Morgan fingerprint density at radius 2 is 1.47 bits per heavy atom. The van der Waals surface area contributed by atoms with Crippen LogP contribution in [-0.2, 0) is 0 Å². The van der Waals surface area contributed by atoms with Gasteiger partial charge in [0.15, 0.2) is 0 Å². The molecule has 0 aromatic carbocycles. The Balaban J connectivity index is 3.44. The minimum Gasteiger partial charge on any atom is -0.125 e. The minimum absolute atomic E-state index is 0.803. The van der Waals surface area contributed by atoms with Crippen molar-refractivity contribution in [3.05, 3.63) is 0 Å². The summed E-state index contributed by atoms with van der Waals surface area (Å²) in [6.45, 7) is 4.56. The number of thioether (sulfide) groups is 1. The van der Waals surface area contributed by atoms with Crippen LogP contribution in [0.2, 0.25) is 0 Å². The predicted octanol–water partition coefficient (Wildman–Crippen LogP) is 6.88. The Morgan fingerprint density at radius 1 is 0.895 bits per heavy atom. The molecule has 0 aromatic heterocycles. The highest BCUT2D eigenvalue weighted by molar-refractivity contribution is 8.41. The van der Waals surface area contributed by atoms with Crippen LogP contribution in [0.4, 0.5) is 0 Å². The molecular formula is C16H32S3. The molecule has 0 spiro atoms. The summed E-state index contributed by atoms with van der Waals surface area (Å²) in [7, 11) is 0. The maximum Gasteiger partial charge on any atom is 0.101 e. The summed E-state index contributed by atoms with van der Waals surface area (Å²) in [4.78, 5) is 0. The quantitative estimate of drug-likeness (QED) is 0.223. The molecule has 0 aromatic rings. The van der Waals surface area contributed by atoms with E-state index in [-0.39, 0.29) is 0 Å². The highest BCUT2D eigenvalue weighted by Crippen LogP contribution is 2.22. The number of rotatable bonds is 13. The van der Waals surface area contributed by atoms with E-state index in [1.807, 2.05) is 0 Å². The van der Waals surface area contributed by atoms with Crippen LogP contribution < -0.4 is 0 Å². The SMILES string of the molecule is CCCCCCCCCCC(CCC)CSC(=S)S. The lowest BCUT2D eigenvalue weighted by Crippen LogP contribution is -2.04. The van der Waals surface area contributed by atoms with E-state index in [4.69, 9.17) is 12.2 Å². The van der Waals surface area contributed by atoms with Crippen molar-refractivity contribution in [2.45, 2.75) is 84.5 Å². The molecule has 0 saturated carbocycles. The molecule has 1 atom stereocenters. The van der Waals surface area contributed by atoms with Crippen molar-refractivity contribution in [1.82, 2.24) is 0 Å². The van der Waals surface area contributed by atoms with Crippen molar-refractivity contribution in [1.29, 1.82) is 0 Å².